The third kappa shape index (κ3) is 4.16. The summed E-state index contributed by atoms with van der Waals surface area (Å²) in [7, 11) is 1.34. The Labute approximate surface area is 173 Å². The van der Waals surface area contributed by atoms with Crippen LogP contribution in [0.2, 0.25) is 0 Å². The smallest absolute Gasteiger partial charge is 0.337 e. The highest BCUT2D eigenvalue weighted by Crippen LogP contribution is 2.36. The summed E-state index contributed by atoms with van der Waals surface area (Å²) in [6.45, 7) is 3.06. The van der Waals surface area contributed by atoms with Crippen molar-refractivity contribution in [2.75, 3.05) is 25.5 Å². The van der Waals surface area contributed by atoms with E-state index in [-0.39, 0.29) is 11.9 Å². The number of para-hydroxylation sites is 1. The first kappa shape index (κ1) is 19.5. The zero-order valence-corrected chi connectivity index (χ0v) is 17.3. The molecule has 0 aliphatic carbocycles. The molecule has 150 valence electrons. The number of benzene rings is 2. The van der Waals surface area contributed by atoms with Gasteiger partial charge in [0.1, 0.15) is 5.01 Å². The monoisotopic (exact) mass is 409 g/mol. The number of esters is 1. The first-order chi connectivity index (χ1) is 14.0. The number of methoxy groups -OCH3 is 1. The van der Waals surface area contributed by atoms with Crippen LogP contribution < -0.4 is 5.32 Å². The molecule has 2 heterocycles. The lowest BCUT2D eigenvalue weighted by atomic mass is 10.1. The molecule has 0 unspecified atom stereocenters. The minimum atomic E-state index is -0.420. The van der Waals surface area contributed by atoms with E-state index in [1.807, 2.05) is 31.2 Å². The number of carbonyl (C=O) groups excluding carboxylic acids is 2. The third-order valence-corrected chi connectivity index (χ3v) is 6.38. The predicted molar refractivity (Wildman–Crippen MR) is 114 cm³/mol. The van der Waals surface area contributed by atoms with Crippen LogP contribution in [-0.4, -0.2) is 42.0 Å². The van der Waals surface area contributed by atoms with E-state index in [9.17, 15) is 9.59 Å². The van der Waals surface area contributed by atoms with Crippen molar-refractivity contribution in [3.05, 3.63) is 58.6 Å². The van der Waals surface area contributed by atoms with E-state index in [0.717, 1.165) is 35.5 Å². The number of amides is 1. The molecule has 0 spiro atoms. The molecule has 2 aromatic carbocycles. The largest absolute Gasteiger partial charge is 0.465 e. The molecule has 0 saturated carbocycles. The van der Waals surface area contributed by atoms with E-state index in [0.29, 0.717) is 17.8 Å². The van der Waals surface area contributed by atoms with Crippen LogP contribution in [0.3, 0.4) is 0 Å². The topological polar surface area (TPSA) is 71.5 Å². The fourth-order valence-electron chi connectivity index (χ4n) is 3.70. The van der Waals surface area contributed by atoms with Gasteiger partial charge in [-0.25, -0.2) is 9.78 Å². The second kappa shape index (κ2) is 8.31. The second-order valence-corrected chi connectivity index (χ2v) is 8.28. The van der Waals surface area contributed by atoms with Gasteiger partial charge in [0.25, 0.3) is 0 Å². The molecule has 1 saturated heterocycles. The summed E-state index contributed by atoms with van der Waals surface area (Å²) in [5.41, 5.74) is 2.96. The number of thiazole rings is 1. The molecule has 1 aliphatic heterocycles. The normalized spacial score (nSPS) is 16.8. The van der Waals surface area contributed by atoms with Crippen LogP contribution >= 0.6 is 11.3 Å². The Morgan fingerprint density at radius 2 is 2.10 bits per heavy atom. The number of aromatic nitrogens is 1. The van der Waals surface area contributed by atoms with Gasteiger partial charge in [-0.05, 0) is 56.1 Å². The van der Waals surface area contributed by atoms with Gasteiger partial charge in [0, 0.05) is 5.69 Å². The van der Waals surface area contributed by atoms with Crippen molar-refractivity contribution in [1.82, 2.24) is 9.88 Å². The molecule has 1 N–H and O–H groups in total. The van der Waals surface area contributed by atoms with E-state index in [1.165, 1.54) is 11.8 Å². The van der Waals surface area contributed by atoms with Gasteiger partial charge in [-0.3, -0.25) is 9.69 Å². The minimum Gasteiger partial charge on any atom is -0.465 e. The first-order valence-electron chi connectivity index (χ1n) is 9.63. The number of likely N-dealkylation sites (tertiary alicyclic amines) is 1. The molecular formula is C22H23N3O3S. The van der Waals surface area contributed by atoms with Gasteiger partial charge in [-0.15, -0.1) is 11.3 Å². The molecule has 6 nitrogen and oxygen atoms in total. The number of rotatable bonds is 5. The molecule has 1 aromatic heterocycles. The Morgan fingerprint density at radius 1 is 1.28 bits per heavy atom. The van der Waals surface area contributed by atoms with Crippen LogP contribution in [-0.2, 0) is 9.53 Å². The maximum absolute atomic E-state index is 12.7. The lowest BCUT2D eigenvalue weighted by Crippen LogP contribution is -2.33. The fraction of sp³-hybridized carbons (Fsp3) is 0.318. The van der Waals surface area contributed by atoms with Gasteiger partial charge < -0.3 is 10.1 Å². The van der Waals surface area contributed by atoms with Gasteiger partial charge in [0.15, 0.2) is 0 Å². The predicted octanol–water partition coefficient (Wildman–Crippen LogP) is 4.17. The standard InChI is InChI=1S/C22H23N3O3S/c1-14-9-10-15(22(27)28-2)12-17(14)23-20(26)13-25-11-5-7-18(25)21-24-16-6-3-4-8-19(16)29-21/h3-4,6,8-10,12,18H,5,7,11,13H2,1-2H3,(H,23,26)/t18-/m0/s1. The molecule has 3 aromatic rings. The van der Waals surface area contributed by atoms with E-state index in [2.05, 4.69) is 16.3 Å². The summed E-state index contributed by atoms with van der Waals surface area (Å²) in [5.74, 6) is -0.515. The van der Waals surface area contributed by atoms with Crippen molar-refractivity contribution in [2.45, 2.75) is 25.8 Å². The number of nitrogens with one attached hydrogen (secondary N) is 1. The molecule has 7 heteroatoms. The highest BCUT2D eigenvalue weighted by Gasteiger charge is 2.30. The Bertz CT molecular complexity index is 1030. The average molecular weight is 410 g/mol. The number of fused-ring (bicyclic) bond motifs is 1. The van der Waals surface area contributed by atoms with Gasteiger partial charge in [0.2, 0.25) is 5.91 Å². The van der Waals surface area contributed by atoms with Crippen molar-refractivity contribution >= 4 is 39.1 Å². The van der Waals surface area contributed by atoms with Crippen molar-refractivity contribution in [1.29, 1.82) is 0 Å². The van der Waals surface area contributed by atoms with Crippen LogP contribution in [0, 0.1) is 6.92 Å². The number of hydrogen-bond donors (Lipinski definition) is 1. The number of nitrogens with zero attached hydrogens (tertiary/aromatic N) is 2. The number of ether oxygens (including phenoxy) is 1. The average Bonchev–Trinajstić information content (AvgIpc) is 3.35. The quantitative estimate of drug-likeness (QED) is 0.641. The highest BCUT2D eigenvalue weighted by molar-refractivity contribution is 7.18. The molecule has 1 amide bonds. The number of anilines is 1. The lowest BCUT2D eigenvalue weighted by molar-refractivity contribution is -0.117. The second-order valence-electron chi connectivity index (χ2n) is 7.22. The molecule has 4 rings (SSSR count). The van der Waals surface area contributed by atoms with Crippen molar-refractivity contribution in [3.63, 3.8) is 0 Å². The maximum Gasteiger partial charge on any atom is 0.337 e. The van der Waals surface area contributed by atoms with Gasteiger partial charge in [0.05, 0.1) is 35.5 Å². The molecule has 29 heavy (non-hydrogen) atoms. The summed E-state index contributed by atoms with van der Waals surface area (Å²) in [6.07, 6.45) is 2.05. The zero-order chi connectivity index (χ0) is 20.4. The zero-order valence-electron chi connectivity index (χ0n) is 16.5. The van der Waals surface area contributed by atoms with Crippen LogP contribution in [0.5, 0.6) is 0 Å². The first-order valence-corrected chi connectivity index (χ1v) is 10.4. The summed E-state index contributed by atoms with van der Waals surface area (Å²) in [4.78, 5) is 31.5. The molecule has 1 aliphatic rings. The number of aryl methyl sites for hydroxylation is 1. The summed E-state index contributed by atoms with van der Waals surface area (Å²) >= 11 is 1.70. The van der Waals surface area contributed by atoms with Gasteiger partial charge in [-0.2, -0.15) is 0 Å². The minimum absolute atomic E-state index is 0.0943. The van der Waals surface area contributed by atoms with Gasteiger partial charge in [-0.1, -0.05) is 18.2 Å². The van der Waals surface area contributed by atoms with Crippen molar-refractivity contribution < 1.29 is 14.3 Å². The Hall–Kier alpha value is -2.77. The lowest BCUT2D eigenvalue weighted by Gasteiger charge is -2.22. The van der Waals surface area contributed by atoms with Crippen LogP contribution in [0.1, 0.15) is 39.8 Å². The highest BCUT2D eigenvalue weighted by atomic mass is 32.1. The number of hydrogen-bond acceptors (Lipinski definition) is 6. The van der Waals surface area contributed by atoms with E-state index >= 15 is 0 Å². The third-order valence-electron chi connectivity index (χ3n) is 5.24. The summed E-state index contributed by atoms with van der Waals surface area (Å²) < 4.78 is 5.94. The molecule has 1 atom stereocenters. The van der Waals surface area contributed by atoms with E-state index in [1.54, 1.807) is 23.5 Å². The van der Waals surface area contributed by atoms with Gasteiger partial charge >= 0.3 is 5.97 Å². The Kier molecular flexibility index (Phi) is 5.60. The van der Waals surface area contributed by atoms with Crippen LogP contribution in [0.4, 0.5) is 5.69 Å². The summed E-state index contributed by atoms with van der Waals surface area (Å²) in [6, 6.07) is 13.5. The maximum atomic E-state index is 12.7. The molecule has 0 bridgehead atoms. The van der Waals surface area contributed by atoms with E-state index < -0.39 is 5.97 Å². The molecule has 1 fully saturated rings. The van der Waals surface area contributed by atoms with Crippen molar-refractivity contribution in [2.24, 2.45) is 0 Å². The Balaban J connectivity index is 1.47. The summed E-state index contributed by atoms with van der Waals surface area (Å²) in [5, 5.41) is 4.02. The molecule has 0 radical (unpaired) electrons. The van der Waals surface area contributed by atoms with Crippen LogP contribution in [0.15, 0.2) is 42.5 Å². The van der Waals surface area contributed by atoms with Crippen molar-refractivity contribution in [3.8, 4) is 0 Å². The van der Waals surface area contributed by atoms with E-state index in [4.69, 9.17) is 9.72 Å². The Morgan fingerprint density at radius 3 is 2.90 bits per heavy atom. The number of carbonyl (C=O) groups is 2. The fourth-order valence-corrected chi connectivity index (χ4v) is 4.84. The SMILES string of the molecule is COC(=O)c1ccc(C)c(NC(=O)CN2CCC[C@H]2c2nc3ccccc3s2)c1. The van der Waals surface area contributed by atoms with Crippen LogP contribution in [0.25, 0.3) is 10.2 Å². The molecular weight excluding hydrogens is 386 g/mol.